The molecule has 20 heavy (non-hydrogen) atoms. The molecule has 0 fully saturated rings. The highest BCUT2D eigenvalue weighted by molar-refractivity contribution is 7.92. The highest BCUT2D eigenvalue weighted by Gasteiger charge is 2.18. The Bertz CT molecular complexity index is 744. The van der Waals surface area contributed by atoms with Crippen LogP contribution in [-0.4, -0.2) is 19.5 Å². The minimum Gasteiger partial charge on any atom is -0.478 e. The average Bonchev–Trinajstić information content (AvgIpc) is 2.39. The number of carboxylic acids is 1. The van der Waals surface area contributed by atoms with E-state index in [1.165, 1.54) is 30.3 Å². The lowest BCUT2D eigenvalue weighted by Crippen LogP contribution is -2.15. The number of aromatic carboxylic acids is 1. The van der Waals surface area contributed by atoms with Crippen molar-refractivity contribution in [3.63, 3.8) is 0 Å². The second-order valence-corrected chi connectivity index (χ2v) is 6.03. The minimum absolute atomic E-state index is 0.0383. The van der Waals surface area contributed by atoms with Gasteiger partial charge in [0.15, 0.2) is 0 Å². The van der Waals surface area contributed by atoms with Gasteiger partial charge in [0.2, 0.25) is 0 Å². The molecular weight excluding hydrogens is 302 g/mol. The third-order valence-electron chi connectivity index (χ3n) is 2.51. The first-order valence-corrected chi connectivity index (χ1v) is 7.37. The Balaban J connectivity index is 2.44. The van der Waals surface area contributed by atoms with Gasteiger partial charge in [-0.05, 0) is 30.3 Å². The molecule has 104 valence electrons. The maximum Gasteiger partial charge on any atom is 0.337 e. The van der Waals surface area contributed by atoms with Crippen molar-refractivity contribution in [2.24, 2.45) is 0 Å². The van der Waals surface area contributed by atoms with Crippen LogP contribution in [-0.2, 0) is 10.0 Å². The van der Waals surface area contributed by atoms with Crippen LogP contribution in [0, 0.1) is 0 Å². The van der Waals surface area contributed by atoms with Gasteiger partial charge in [-0.15, -0.1) is 0 Å². The number of halogens is 1. The van der Waals surface area contributed by atoms with Crippen LogP contribution in [0.3, 0.4) is 0 Å². The van der Waals surface area contributed by atoms with Crippen molar-refractivity contribution in [2.45, 2.75) is 4.90 Å². The number of sulfonamides is 1. The van der Waals surface area contributed by atoms with Crippen molar-refractivity contribution in [2.75, 3.05) is 4.72 Å². The first-order chi connectivity index (χ1) is 9.40. The molecule has 0 atom stereocenters. The van der Waals surface area contributed by atoms with Gasteiger partial charge in [-0.2, -0.15) is 0 Å². The van der Waals surface area contributed by atoms with E-state index >= 15 is 0 Å². The standard InChI is InChI=1S/C13H10ClNO4S/c14-9-6-7-11(13(16)17)12(8-9)15-20(18,19)10-4-2-1-3-5-10/h1-8,15H,(H,16,17). The number of benzene rings is 2. The molecule has 0 saturated carbocycles. The number of carbonyl (C=O) groups is 1. The zero-order valence-corrected chi connectivity index (χ0v) is 11.6. The lowest BCUT2D eigenvalue weighted by atomic mass is 10.2. The lowest BCUT2D eigenvalue weighted by Gasteiger charge is -2.10. The maximum atomic E-state index is 12.1. The van der Waals surface area contributed by atoms with Crippen LogP contribution < -0.4 is 4.72 Å². The van der Waals surface area contributed by atoms with E-state index in [2.05, 4.69) is 4.72 Å². The first kappa shape index (κ1) is 14.4. The predicted molar refractivity (Wildman–Crippen MR) is 75.7 cm³/mol. The summed E-state index contributed by atoms with van der Waals surface area (Å²) >= 11 is 5.77. The monoisotopic (exact) mass is 311 g/mol. The highest BCUT2D eigenvalue weighted by Crippen LogP contribution is 2.24. The predicted octanol–water partition coefficient (Wildman–Crippen LogP) is 2.84. The summed E-state index contributed by atoms with van der Waals surface area (Å²) in [5.41, 5.74) is -0.247. The molecular formula is C13H10ClNO4S. The summed E-state index contributed by atoms with van der Waals surface area (Å²) in [5, 5.41) is 9.28. The lowest BCUT2D eigenvalue weighted by molar-refractivity contribution is 0.0698. The zero-order chi connectivity index (χ0) is 14.8. The average molecular weight is 312 g/mol. The summed E-state index contributed by atoms with van der Waals surface area (Å²) in [6.07, 6.45) is 0. The Hall–Kier alpha value is -2.05. The Morgan fingerprint density at radius 1 is 1.10 bits per heavy atom. The van der Waals surface area contributed by atoms with Crippen LogP contribution in [0.15, 0.2) is 53.4 Å². The van der Waals surface area contributed by atoms with E-state index in [1.807, 2.05) is 0 Å². The number of hydrogen-bond acceptors (Lipinski definition) is 3. The van der Waals surface area contributed by atoms with Gasteiger partial charge >= 0.3 is 5.97 Å². The van der Waals surface area contributed by atoms with Crippen LogP contribution in [0.25, 0.3) is 0 Å². The van der Waals surface area contributed by atoms with E-state index in [9.17, 15) is 13.2 Å². The molecule has 0 radical (unpaired) electrons. The summed E-state index contributed by atoms with van der Waals surface area (Å²) in [5.74, 6) is -1.24. The fourth-order valence-electron chi connectivity index (χ4n) is 1.59. The quantitative estimate of drug-likeness (QED) is 0.909. The van der Waals surface area contributed by atoms with E-state index in [1.54, 1.807) is 18.2 Å². The molecule has 0 aromatic heterocycles. The third-order valence-corrected chi connectivity index (χ3v) is 4.13. The van der Waals surface area contributed by atoms with Crippen molar-refractivity contribution in [3.05, 3.63) is 59.1 Å². The molecule has 0 amide bonds. The van der Waals surface area contributed by atoms with Crippen LogP contribution in [0.1, 0.15) is 10.4 Å². The van der Waals surface area contributed by atoms with E-state index in [4.69, 9.17) is 16.7 Å². The molecule has 0 saturated heterocycles. The molecule has 0 unspecified atom stereocenters. The minimum atomic E-state index is -3.86. The molecule has 0 aliphatic heterocycles. The molecule has 0 heterocycles. The van der Waals surface area contributed by atoms with Crippen LogP contribution in [0.5, 0.6) is 0 Å². The van der Waals surface area contributed by atoms with Gasteiger partial charge in [-0.1, -0.05) is 29.8 Å². The number of hydrogen-bond donors (Lipinski definition) is 2. The normalized spacial score (nSPS) is 11.1. The summed E-state index contributed by atoms with van der Waals surface area (Å²) in [6, 6.07) is 11.5. The van der Waals surface area contributed by atoms with Crippen molar-refractivity contribution in [3.8, 4) is 0 Å². The van der Waals surface area contributed by atoms with Crippen LogP contribution in [0.4, 0.5) is 5.69 Å². The topological polar surface area (TPSA) is 83.5 Å². The van der Waals surface area contributed by atoms with Crippen molar-refractivity contribution in [1.82, 2.24) is 0 Å². The fourth-order valence-corrected chi connectivity index (χ4v) is 2.85. The van der Waals surface area contributed by atoms with Gasteiger partial charge in [0.25, 0.3) is 10.0 Å². The molecule has 0 spiro atoms. The molecule has 7 heteroatoms. The van der Waals surface area contributed by atoms with Gasteiger partial charge in [0, 0.05) is 5.02 Å². The van der Waals surface area contributed by atoms with E-state index < -0.39 is 16.0 Å². The Kier molecular flexibility index (Phi) is 3.96. The van der Waals surface area contributed by atoms with Gasteiger partial charge in [0.05, 0.1) is 16.1 Å². The van der Waals surface area contributed by atoms with E-state index in [0.29, 0.717) is 0 Å². The summed E-state index contributed by atoms with van der Waals surface area (Å²) in [6.45, 7) is 0. The van der Waals surface area contributed by atoms with Gasteiger partial charge in [-0.3, -0.25) is 4.72 Å². The maximum absolute atomic E-state index is 12.1. The first-order valence-electron chi connectivity index (χ1n) is 5.51. The van der Waals surface area contributed by atoms with Gasteiger partial charge < -0.3 is 5.11 Å². The summed E-state index contributed by atoms with van der Waals surface area (Å²) in [4.78, 5) is 11.1. The molecule has 0 aliphatic carbocycles. The smallest absolute Gasteiger partial charge is 0.337 e. The van der Waals surface area contributed by atoms with E-state index in [0.717, 1.165) is 0 Å². The highest BCUT2D eigenvalue weighted by atomic mass is 35.5. The number of rotatable bonds is 4. The van der Waals surface area contributed by atoms with E-state index in [-0.39, 0.29) is 21.2 Å². The molecule has 0 aliphatic rings. The Morgan fingerprint density at radius 2 is 1.75 bits per heavy atom. The molecule has 2 N–H and O–H groups in total. The molecule has 2 rings (SSSR count). The SMILES string of the molecule is O=C(O)c1ccc(Cl)cc1NS(=O)(=O)c1ccccc1. The van der Waals surface area contributed by atoms with Gasteiger partial charge in [-0.25, -0.2) is 13.2 Å². The number of carboxylic acid groups (broad SMARTS) is 1. The summed E-state index contributed by atoms with van der Waals surface area (Å²) in [7, 11) is -3.86. The van der Waals surface area contributed by atoms with Crippen molar-refractivity contribution < 1.29 is 18.3 Å². The molecule has 2 aromatic rings. The van der Waals surface area contributed by atoms with Crippen LogP contribution >= 0.6 is 11.6 Å². The van der Waals surface area contributed by atoms with Crippen LogP contribution in [0.2, 0.25) is 5.02 Å². The number of anilines is 1. The Labute approximate surface area is 120 Å². The second-order valence-electron chi connectivity index (χ2n) is 3.91. The molecule has 5 nitrogen and oxygen atoms in total. The third kappa shape index (κ3) is 3.09. The van der Waals surface area contributed by atoms with Gasteiger partial charge in [0.1, 0.15) is 0 Å². The molecule has 2 aromatic carbocycles. The zero-order valence-electron chi connectivity index (χ0n) is 10.1. The largest absolute Gasteiger partial charge is 0.478 e. The van der Waals surface area contributed by atoms with Crippen molar-refractivity contribution in [1.29, 1.82) is 0 Å². The second kappa shape index (κ2) is 5.52. The molecule has 0 bridgehead atoms. The summed E-state index contributed by atoms with van der Waals surface area (Å²) < 4.78 is 26.5. The Morgan fingerprint density at radius 3 is 2.35 bits per heavy atom. The number of nitrogens with one attached hydrogen (secondary N) is 1. The fraction of sp³-hybridized carbons (Fsp3) is 0. The van der Waals surface area contributed by atoms with Crippen molar-refractivity contribution >= 4 is 33.3 Å².